The van der Waals surface area contributed by atoms with Crippen molar-refractivity contribution >= 4 is 27.5 Å². The summed E-state index contributed by atoms with van der Waals surface area (Å²) in [5, 5.41) is 0.616. The van der Waals surface area contributed by atoms with Crippen molar-refractivity contribution in [3.05, 3.63) is 15.6 Å². The molecule has 2 N–H and O–H groups in total. The molecule has 1 aliphatic rings. The van der Waals surface area contributed by atoms with Gasteiger partial charge in [-0.1, -0.05) is 11.6 Å². The highest BCUT2D eigenvalue weighted by Crippen LogP contribution is 2.29. The third-order valence-corrected chi connectivity index (χ3v) is 3.46. The molecule has 0 aromatic carbocycles. The van der Waals surface area contributed by atoms with Crippen LogP contribution in [0.1, 0.15) is 12.1 Å². The first kappa shape index (κ1) is 9.49. The first-order chi connectivity index (χ1) is 6.22. The summed E-state index contributed by atoms with van der Waals surface area (Å²) in [7, 11) is 0. The Bertz CT molecular complexity index is 323. The maximum absolute atomic E-state index is 5.98. The molecule has 5 heteroatoms. The monoisotopic (exact) mass is 263 g/mol. The molecule has 3 nitrogen and oxygen atoms in total. The highest BCUT2D eigenvalue weighted by molar-refractivity contribution is 9.10. The smallest absolute Gasteiger partial charge is 0.178 e. The highest BCUT2D eigenvalue weighted by Gasteiger charge is 2.22. The summed E-state index contributed by atoms with van der Waals surface area (Å²) in [6.07, 6.45) is 2.07. The zero-order valence-electron chi connectivity index (χ0n) is 7.13. The number of halogens is 2. The van der Waals surface area contributed by atoms with Gasteiger partial charge in [-0.15, -0.1) is 0 Å². The molecular weight excluding hydrogens is 253 g/mol. The Morgan fingerprint density at radius 3 is 3.15 bits per heavy atom. The fraction of sp³-hybridized carbons (Fsp3) is 0.625. The van der Waals surface area contributed by atoms with Crippen LogP contribution in [-0.2, 0) is 13.0 Å². The molecule has 2 heterocycles. The lowest BCUT2D eigenvalue weighted by molar-refractivity contribution is 0.393. The zero-order valence-corrected chi connectivity index (χ0v) is 9.48. The predicted octanol–water partition coefficient (Wildman–Crippen LogP) is 1.82. The Morgan fingerprint density at radius 2 is 2.46 bits per heavy atom. The molecule has 2 rings (SSSR count). The van der Waals surface area contributed by atoms with E-state index in [9.17, 15) is 0 Å². The molecule has 0 spiro atoms. The maximum atomic E-state index is 5.98. The Morgan fingerprint density at radius 1 is 1.69 bits per heavy atom. The van der Waals surface area contributed by atoms with Gasteiger partial charge >= 0.3 is 0 Å². The Hall–Kier alpha value is -0.0600. The molecule has 0 radical (unpaired) electrons. The summed E-state index contributed by atoms with van der Waals surface area (Å²) in [5.74, 6) is 0.564. The van der Waals surface area contributed by atoms with Gasteiger partial charge in [0.15, 0.2) is 9.89 Å². The molecule has 13 heavy (non-hydrogen) atoms. The summed E-state index contributed by atoms with van der Waals surface area (Å²) in [6, 6.07) is 0. The number of nitrogens with zero attached hydrogens (tertiary/aromatic N) is 2. The largest absolute Gasteiger partial charge is 0.330 e. The molecule has 1 aliphatic heterocycles. The standard InChI is InChI=1S/C8H11BrClN3/c9-8-12-7(10)6-3-5(4-11)1-2-13(6)8/h5H,1-4,11H2. The molecule has 1 aromatic rings. The van der Waals surface area contributed by atoms with Gasteiger partial charge in [-0.3, -0.25) is 0 Å². The van der Waals surface area contributed by atoms with Crippen molar-refractivity contribution in [3.8, 4) is 0 Å². The third-order valence-electron chi connectivity index (χ3n) is 2.55. The summed E-state index contributed by atoms with van der Waals surface area (Å²) < 4.78 is 2.96. The minimum Gasteiger partial charge on any atom is -0.330 e. The van der Waals surface area contributed by atoms with Gasteiger partial charge in [-0.05, 0) is 41.2 Å². The van der Waals surface area contributed by atoms with E-state index in [0.717, 1.165) is 36.4 Å². The van der Waals surface area contributed by atoms with Crippen LogP contribution in [0.25, 0.3) is 0 Å². The van der Waals surface area contributed by atoms with E-state index in [4.69, 9.17) is 17.3 Å². The van der Waals surface area contributed by atoms with Crippen LogP contribution in [-0.4, -0.2) is 16.1 Å². The van der Waals surface area contributed by atoms with Gasteiger partial charge in [0.25, 0.3) is 0 Å². The van der Waals surface area contributed by atoms with Crippen LogP contribution < -0.4 is 5.73 Å². The average molecular weight is 265 g/mol. The van der Waals surface area contributed by atoms with E-state index in [-0.39, 0.29) is 0 Å². The van der Waals surface area contributed by atoms with Crippen LogP contribution in [0.15, 0.2) is 4.73 Å². The van der Waals surface area contributed by atoms with Crippen LogP contribution in [0.2, 0.25) is 5.15 Å². The maximum Gasteiger partial charge on any atom is 0.178 e. The number of aromatic nitrogens is 2. The number of fused-ring (bicyclic) bond motifs is 1. The van der Waals surface area contributed by atoms with Crippen molar-refractivity contribution in [2.75, 3.05) is 6.54 Å². The van der Waals surface area contributed by atoms with Crippen LogP contribution in [0.4, 0.5) is 0 Å². The SMILES string of the molecule is NCC1CCn2c(Br)nc(Cl)c2C1. The van der Waals surface area contributed by atoms with E-state index in [2.05, 4.69) is 25.5 Å². The van der Waals surface area contributed by atoms with E-state index in [1.54, 1.807) is 0 Å². The molecule has 1 atom stereocenters. The average Bonchev–Trinajstić information content (AvgIpc) is 2.42. The number of nitrogens with two attached hydrogens (primary N) is 1. The highest BCUT2D eigenvalue weighted by atomic mass is 79.9. The van der Waals surface area contributed by atoms with Crippen molar-refractivity contribution in [1.29, 1.82) is 0 Å². The summed E-state index contributed by atoms with van der Waals surface area (Å²) in [6.45, 7) is 1.70. The van der Waals surface area contributed by atoms with Crippen LogP contribution in [0, 0.1) is 5.92 Å². The van der Waals surface area contributed by atoms with E-state index in [1.165, 1.54) is 0 Å². The normalized spacial score (nSPS) is 21.6. The predicted molar refractivity (Wildman–Crippen MR) is 55.8 cm³/mol. The zero-order chi connectivity index (χ0) is 9.42. The van der Waals surface area contributed by atoms with Gasteiger partial charge in [0, 0.05) is 6.54 Å². The molecule has 0 saturated heterocycles. The summed E-state index contributed by atoms with van der Waals surface area (Å²) in [5.41, 5.74) is 6.75. The molecule has 72 valence electrons. The Kier molecular flexibility index (Phi) is 2.62. The number of imidazole rings is 1. The van der Waals surface area contributed by atoms with E-state index in [1.807, 2.05) is 0 Å². The molecular formula is C8H11BrClN3. The summed E-state index contributed by atoms with van der Waals surface area (Å²) in [4.78, 5) is 4.17. The van der Waals surface area contributed by atoms with E-state index >= 15 is 0 Å². The third kappa shape index (κ3) is 1.63. The number of hydrogen-bond acceptors (Lipinski definition) is 2. The van der Waals surface area contributed by atoms with Crippen molar-refractivity contribution in [3.63, 3.8) is 0 Å². The first-order valence-electron chi connectivity index (χ1n) is 4.33. The molecule has 0 fully saturated rings. The molecule has 0 bridgehead atoms. The topological polar surface area (TPSA) is 43.8 Å². The molecule has 0 saturated carbocycles. The second kappa shape index (κ2) is 3.59. The quantitative estimate of drug-likeness (QED) is 0.841. The van der Waals surface area contributed by atoms with Crippen molar-refractivity contribution in [2.24, 2.45) is 11.7 Å². The van der Waals surface area contributed by atoms with Gasteiger partial charge in [0.2, 0.25) is 0 Å². The lowest BCUT2D eigenvalue weighted by atomic mass is 9.97. The lowest BCUT2D eigenvalue weighted by Crippen LogP contribution is -2.25. The van der Waals surface area contributed by atoms with E-state index in [0.29, 0.717) is 11.1 Å². The van der Waals surface area contributed by atoms with Gasteiger partial charge in [-0.2, -0.15) is 0 Å². The summed E-state index contributed by atoms with van der Waals surface area (Å²) >= 11 is 9.36. The van der Waals surface area contributed by atoms with Gasteiger partial charge in [0.1, 0.15) is 0 Å². The molecule has 1 unspecified atom stereocenters. The van der Waals surface area contributed by atoms with E-state index < -0.39 is 0 Å². The van der Waals surface area contributed by atoms with Crippen LogP contribution in [0.5, 0.6) is 0 Å². The Labute approximate surface area is 90.4 Å². The molecule has 0 amide bonds. The van der Waals surface area contributed by atoms with Crippen LogP contribution >= 0.6 is 27.5 Å². The Balaban J connectivity index is 2.33. The molecule has 0 aliphatic carbocycles. The fourth-order valence-electron chi connectivity index (χ4n) is 1.74. The molecule has 1 aromatic heterocycles. The van der Waals surface area contributed by atoms with Crippen molar-refractivity contribution < 1.29 is 0 Å². The minimum absolute atomic E-state index is 0.564. The lowest BCUT2D eigenvalue weighted by Gasteiger charge is -2.22. The number of rotatable bonds is 1. The van der Waals surface area contributed by atoms with Gasteiger partial charge < -0.3 is 10.3 Å². The first-order valence-corrected chi connectivity index (χ1v) is 5.50. The van der Waals surface area contributed by atoms with Crippen molar-refractivity contribution in [2.45, 2.75) is 19.4 Å². The number of hydrogen-bond donors (Lipinski definition) is 1. The van der Waals surface area contributed by atoms with Gasteiger partial charge in [-0.25, -0.2) is 4.98 Å². The second-order valence-corrected chi connectivity index (χ2v) is 4.43. The van der Waals surface area contributed by atoms with Gasteiger partial charge in [0.05, 0.1) is 5.69 Å². The minimum atomic E-state index is 0.564. The second-order valence-electron chi connectivity index (χ2n) is 3.36. The van der Waals surface area contributed by atoms with Crippen molar-refractivity contribution in [1.82, 2.24) is 9.55 Å². The van der Waals surface area contributed by atoms with Crippen LogP contribution in [0.3, 0.4) is 0 Å². The fourth-order valence-corrected chi connectivity index (χ4v) is 2.67.